The second-order valence-electron chi connectivity index (χ2n) is 4.67. The molecule has 1 atom stereocenters. The van der Waals surface area contributed by atoms with Gasteiger partial charge in [-0.05, 0) is 36.1 Å². The van der Waals surface area contributed by atoms with Gasteiger partial charge in [-0.2, -0.15) is 5.26 Å². The second-order valence-corrected chi connectivity index (χ2v) is 4.67. The normalized spacial score (nSPS) is 21.8. The van der Waals surface area contributed by atoms with E-state index in [1.807, 2.05) is 12.1 Å². The second kappa shape index (κ2) is 5.24. The Balaban J connectivity index is 2.26. The molecule has 1 unspecified atom stereocenters. The fourth-order valence-corrected chi connectivity index (χ4v) is 2.45. The Morgan fingerprint density at radius 1 is 1.56 bits per heavy atom. The summed E-state index contributed by atoms with van der Waals surface area (Å²) in [6, 6.07) is 8.55. The number of fused-ring (bicyclic) bond motifs is 1. The number of benzene rings is 1. The van der Waals surface area contributed by atoms with Gasteiger partial charge < -0.3 is 4.74 Å². The Morgan fingerprint density at radius 3 is 3.06 bits per heavy atom. The number of aryl methyl sites for hydroxylation is 1. The Hall–Kier alpha value is -1.79. The van der Waals surface area contributed by atoms with Crippen LogP contribution < -0.4 is 10.1 Å². The number of hydrogen-bond donors (Lipinski definition) is 1. The average Bonchev–Trinajstić information content (AvgIpc) is 2.44. The van der Waals surface area contributed by atoms with Crippen LogP contribution in [0.1, 0.15) is 17.5 Å². The molecular weight excluding hydrogens is 224 g/mol. The summed E-state index contributed by atoms with van der Waals surface area (Å²) in [7, 11) is 1.66. The van der Waals surface area contributed by atoms with Crippen LogP contribution in [0, 0.1) is 11.3 Å². The first-order chi connectivity index (χ1) is 8.73. The third-order valence-electron chi connectivity index (χ3n) is 3.53. The lowest BCUT2D eigenvalue weighted by Crippen LogP contribution is -2.48. The Bertz CT molecular complexity index is 490. The van der Waals surface area contributed by atoms with Crippen molar-refractivity contribution < 1.29 is 4.74 Å². The Morgan fingerprint density at radius 2 is 2.39 bits per heavy atom. The van der Waals surface area contributed by atoms with Crippen LogP contribution in [0.2, 0.25) is 0 Å². The predicted octanol–water partition coefficient (Wildman–Crippen LogP) is 2.22. The maximum absolute atomic E-state index is 9.44. The molecule has 0 heterocycles. The summed E-state index contributed by atoms with van der Waals surface area (Å²) in [6.07, 6.45) is 4.29. The molecule has 1 aliphatic carbocycles. The number of methoxy groups -OCH3 is 1. The van der Waals surface area contributed by atoms with Crippen molar-refractivity contribution >= 4 is 0 Å². The zero-order chi connectivity index (χ0) is 13.0. The van der Waals surface area contributed by atoms with Gasteiger partial charge in [-0.3, -0.25) is 5.32 Å². The summed E-state index contributed by atoms with van der Waals surface area (Å²) in [5.41, 5.74) is 2.06. The van der Waals surface area contributed by atoms with Crippen LogP contribution in [-0.4, -0.2) is 19.2 Å². The van der Waals surface area contributed by atoms with Crippen molar-refractivity contribution in [2.45, 2.75) is 24.8 Å². The molecule has 0 radical (unpaired) electrons. The van der Waals surface area contributed by atoms with Crippen molar-refractivity contribution in [2.75, 3.05) is 13.7 Å². The zero-order valence-electron chi connectivity index (χ0n) is 10.7. The minimum absolute atomic E-state index is 0.465. The van der Waals surface area contributed by atoms with Crippen molar-refractivity contribution in [3.63, 3.8) is 0 Å². The standard InChI is InChI=1S/C15H18N2O/c1-3-8-17-15(11-16)7-6-12-4-5-14(18-2)9-13(12)10-15/h3-5,9,17H,1,6-8,10H2,2H3. The van der Waals surface area contributed by atoms with Gasteiger partial charge in [0, 0.05) is 13.0 Å². The Kier molecular flexibility index (Phi) is 3.69. The number of hydrogen-bond acceptors (Lipinski definition) is 3. The summed E-state index contributed by atoms with van der Waals surface area (Å²) >= 11 is 0. The van der Waals surface area contributed by atoms with E-state index in [2.05, 4.69) is 24.0 Å². The lowest BCUT2D eigenvalue weighted by atomic mass is 9.78. The van der Waals surface area contributed by atoms with Gasteiger partial charge in [-0.25, -0.2) is 0 Å². The van der Waals surface area contributed by atoms with E-state index < -0.39 is 5.54 Å². The minimum atomic E-state index is -0.465. The molecule has 3 heteroatoms. The van der Waals surface area contributed by atoms with Gasteiger partial charge in [0.2, 0.25) is 0 Å². The highest BCUT2D eigenvalue weighted by Gasteiger charge is 2.33. The minimum Gasteiger partial charge on any atom is -0.497 e. The molecule has 0 aliphatic heterocycles. The fraction of sp³-hybridized carbons (Fsp3) is 0.400. The van der Waals surface area contributed by atoms with Crippen LogP contribution in [0.3, 0.4) is 0 Å². The molecule has 1 N–H and O–H groups in total. The van der Waals surface area contributed by atoms with Crippen LogP contribution >= 0.6 is 0 Å². The maximum Gasteiger partial charge on any atom is 0.119 e. The van der Waals surface area contributed by atoms with Crippen molar-refractivity contribution in [3.8, 4) is 11.8 Å². The molecule has 2 rings (SSSR count). The van der Waals surface area contributed by atoms with Gasteiger partial charge in [-0.1, -0.05) is 12.1 Å². The molecule has 1 aromatic rings. The van der Waals surface area contributed by atoms with E-state index in [9.17, 15) is 5.26 Å². The van der Waals surface area contributed by atoms with Crippen LogP contribution in [-0.2, 0) is 12.8 Å². The van der Waals surface area contributed by atoms with Crippen molar-refractivity contribution in [2.24, 2.45) is 0 Å². The van der Waals surface area contributed by atoms with E-state index in [1.54, 1.807) is 13.2 Å². The molecule has 0 fully saturated rings. The molecule has 18 heavy (non-hydrogen) atoms. The number of nitrogens with one attached hydrogen (secondary N) is 1. The highest BCUT2D eigenvalue weighted by molar-refractivity contribution is 5.40. The monoisotopic (exact) mass is 242 g/mol. The van der Waals surface area contributed by atoms with Gasteiger partial charge in [0.05, 0.1) is 13.2 Å². The molecular formula is C15H18N2O. The van der Waals surface area contributed by atoms with Crippen LogP contribution in [0.5, 0.6) is 5.75 Å². The van der Waals surface area contributed by atoms with Crippen LogP contribution in [0.4, 0.5) is 0 Å². The molecule has 0 spiro atoms. The quantitative estimate of drug-likeness (QED) is 0.823. The van der Waals surface area contributed by atoms with E-state index in [0.717, 1.165) is 25.0 Å². The first-order valence-corrected chi connectivity index (χ1v) is 6.16. The van der Waals surface area contributed by atoms with E-state index in [4.69, 9.17) is 4.74 Å². The third kappa shape index (κ3) is 2.39. The summed E-state index contributed by atoms with van der Waals surface area (Å²) in [4.78, 5) is 0. The summed E-state index contributed by atoms with van der Waals surface area (Å²) in [6.45, 7) is 4.35. The molecule has 0 bridgehead atoms. The van der Waals surface area contributed by atoms with E-state index in [0.29, 0.717) is 6.54 Å². The lowest BCUT2D eigenvalue weighted by Gasteiger charge is -2.33. The van der Waals surface area contributed by atoms with Crippen molar-refractivity contribution in [1.82, 2.24) is 5.32 Å². The highest BCUT2D eigenvalue weighted by atomic mass is 16.5. The lowest BCUT2D eigenvalue weighted by molar-refractivity contribution is 0.377. The summed E-state index contributed by atoms with van der Waals surface area (Å²) in [5, 5.41) is 12.7. The molecule has 1 aliphatic rings. The number of rotatable bonds is 4. The number of nitrogens with zero attached hydrogens (tertiary/aromatic N) is 1. The smallest absolute Gasteiger partial charge is 0.119 e. The fourth-order valence-electron chi connectivity index (χ4n) is 2.45. The molecule has 0 saturated heterocycles. The first kappa shape index (κ1) is 12.7. The van der Waals surface area contributed by atoms with Crippen molar-refractivity contribution in [3.05, 3.63) is 42.0 Å². The van der Waals surface area contributed by atoms with Gasteiger partial charge >= 0.3 is 0 Å². The van der Waals surface area contributed by atoms with Crippen molar-refractivity contribution in [1.29, 1.82) is 5.26 Å². The molecule has 0 saturated carbocycles. The van der Waals surface area contributed by atoms with E-state index >= 15 is 0 Å². The first-order valence-electron chi connectivity index (χ1n) is 6.16. The van der Waals surface area contributed by atoms with Crippen LogP contribution in [0.25, 0.3) is 0 Å². The van der Waals surface area contributed by atoms with Crippen LogP contribution in [0.15, 0.2) is 30.9 Å². The van der Waals surface area contributed by atoms with Gasteiger partial charge in [0.25, 0.3) is 0 Å². The Labute approximate surface area is 108 Å². The van der Waals surface area contributed by atoms with E-state index in [1.165, 1.54) is 11.1 Å². The predicted molar refractivity (Wildman–Crippen MR) is 71.6 cm³/mol. The summed E-state index contributed by atoms with van der Waals surface area (Å²) in [5.74, 6) is 0.853. The largest absolute Gasteiger partial charge is 0.497 e. The van der Waals surface area contributed by atoms with E-state index in [-0.39, 0.29) is 0 Å². The van der Waals surface area contributed by atoms with Gasteiger partial charge in [0.1, 0.15) is 11.3 Å². The molecule has 3 nitrogen and oxygen atoms in total. The molecule has 0 aromatic heterocycles. The summed E-state index contributed by atoms with van der Waals surface area (Å²) < 4.78 is 5.24. The molecule has 0 amide bonds. The van der Waals surface area contributed by atoms with Gasteiger partial charge in [-0.15, -0.1) is 6.58 Å². The molecule has 94 valence electrons. The average molecular weight is 242 g/mol. The molecule has 1 aromatic carbocycles. The number of nitriles is 1. The maximum atomic E-state index is 9.44. The highest BCUT2D eigenvalue weighted by Crippen LogP contribution is 2.30. The zero-order valence-corrected chi connectivity index (χ0v) is 10.7. The SMILES string of the molecule is C=CCNC1(C#N)CCc2ccc(OC)cc2C1. The third-order valence-corrected chi connectivity index (χ3v) is 3.53. The van der Waals surface area contributed by atoms with Gasteiger partial charge in [0.15, 0.2) is 0 Å². The number of ether oxygens (including phenoxy) is 1. The topological polar surface area (TPSA) is 45.0 Å².